The molecule has 1 aromatic rings. The summed E-state index contributed by atoms with van der Waals surface area (Å²) in [6.45, 7) is 4.35. The second-order valence-electron chi connectivity index (χ2n) is 5.80. The number of nitrogens with one attached hydrogen (secondary N) is 3. The summed E-state index contributed by atoms with van der Waals surface area (Å²) in [6.07, 6.45) is 2.91. The third-order valence-electron chi connectivity index (χ3n) is 3.68. The van der Waals surface area contributed by atoms with Crippen molar-refractivity contribution in [3.8, 4) is 0 Å². The first-order valence-corrected chi connectivity index (χ1v) is 7.63. The van der Waals surface area contributed by atoms with Crippen LogP contribution < -0.4 is 16.0 Å². The Morgan fingerprint density at radius 3 is 2.52 bits per heavy atom. The first-order chi connectivity index (χ1) is 10.1. The van der Waals surface area contributed by atoms with Gasteiger partial charge in [-0.05, 0) is 50.8 Å². The summed E-state index contributed by atoms with van der Waals surface area (Å²) in [7, 11) is 0. The SMILES string of the molecule is CC(N[C@H](C)CCO)c1ccc(NC(=O)NC2CC2)cc1. The van der Waals surface area contributed by atoms with E-state index in [1.165, 1.54) is 0 Å². The van der Waals surface area contributed by atoms with Crippen molar-refractivity contribution in [2.24, 2.45) is 0 Å². The zero-order valence-corrected chi connectivity index (χ0v) is 12.7. The first kappa shape index (κ1) is 15.8. The van der Waals surface area contributed by atoms with Gasteiger partial charge in [0.25, 0.3) is 0 Å². The van der Waals surface area contributed by atoms with Crippen LogP contribution in [-0.4, -0.2) is 29.8 Å². The van der Waals surface area contributed by atoms with Crippen molar-refractivity contribution in [2.75, 3.05) is 11.9 Å². The van der Waals surface area contributed by atoms with E-state index in [0.29, 0.717) is 6.04 Å². The highest BCUT2D eigenvalue weighted by atomic mass is 16.3. The van der Waals surface area contributed by atoms with E-state index < -0.39 is 0 Å². The van der Waals surface area contributed by atoms with Crippen LogP contribution in [-0.2, 0) is 0 Å². The van der Waals surface area contributed by atoms with E-state index in [2.05, 4.69) is 29.8 Å². The highest BCUT2D eigenvalue weighted by Gasteiger charge is 2.23. The molecule has 4 N–H and O–H groups in total. The lowest BCUT2D eigenvalue weighted by molar-refractivity contribution is 0.251. The zero-order valence-electron chi connectivity index (χ0n) is 12.7. The molecule has 1 aromatic carbocycles. The molecule has 1 unspecified atom stereocenters. The molecule has 1 saturated carbocycles. The molecular weight excluding hydrogens is 266 g/mol. The number of carbonyl (C=O) groups is 1. The highest BCUT2D eigenvalue weighted by Crippen LogP contribution is 2.20. The number of aliphatic hydroxyl groups excluding tert-OH is 1. The molecule has 1 aliphatic carbocycles. The van der Waals surface area contributed by atoms with E-state index in [1.54, 1.807) is 0 Å². The molecule has 0 spiro atoms. The number of anilines is 1. The summed E-state index contributed by atoms with van der Waals surface area (Å²) in [5, 5.41) is 18.1. The molecule has 0 aliphatic heterocycles. The normalized spacial score (nSPS) is 17.1. The molecule has 5 nitrogen and oxygen atoms in total. The van der Waals surface area contributed by atoms with Gasteiger partial charge in [0.1, 0.15) is 0 Å². The summed E-state index contributed by atoms with van der Waals surface area (Å²) < 4.78 is 0. The molecule has 0 heterocycles. The van der Waals surface area contributed by atoms with Gasteiger partial charge in [0, 0.05) is 30.4 Å². The number of aliphatic hydroxyl groups is 1. The molecule has 0 bridgehead atoms. The number of hydrogen-bond donors (Lipinski definition) is 4. The Morgan fingerprint density at radius 2 is 1.95 bits per heavy atom. The minimum Gasteiger partial charge on any atom is -0.396 e. The lowest BCUT2D eigenvalue weighted by atomic mass is 10.1. The van der Waals surface area contributed by atoms with Crippen LogP contribution in [0.5, 0.6) is 0 Å². The Morgan fingerprint density at radius 1 is 1.29 bits per heavy atom. The third-order valence-corrected chi connectivity index (χ3v) is 3.68. The zero-order chi connectivity index (χ0) is 15.2. The number of benzene rings is 1. The van der Waals surface area contributed by atoms with Gasteiger partial charge in [-0.3, -0.25) is 0 Å². The van der Waals surface area contributed by atoms with Crippen LogP contribution in [0.2, 0.25) is 0 Å². The maximum absolute atomic E-state index is 11.6. The molecule has 2 atom stereocenters. The standard InChI is InChI=1S/C16H25N3O2/c1-11(9-10-20)17-12(2)13-3-5-14(6-4-13)18-16(21)19-15-7-8-15/h3-6,11-12,15,17,20H,7-10H2,1-2H3,(H2,18,19,21)/t11-,12?/m1/s1. The number of rotatable bonds is 7. The Hall–Kier alpha value is -1.59. The molecule has 0 saturated heterocycles. The average Bonchev–Trinajstić information content (AvgIpc) is 3.23. The van der Waals surface area contributed by atoms with Gasteiger partial charge in [-0.25, -0.2) is 4.79 Å². The van der Waals surface area contributed by atoms with Crippen LogP contribution in [0, 0.1) is 0 Å². The Labute approximate surface area is 126 Å². The summed E-state index contributed by atoms with van der Waals surface area (Å²) in [4.78, 5) is 11.6. The maximum Gasteiger partial charge on any atom is 0.319 e. The van der Waals surface area contributed by atoms with E-state index in [0.717, 1.165) is 30.5 Å². The summed E-state index contributed by atoms with van der Waals surface area (Å²) in [5.41, 5.74) is 1.96. The fourth-order valence-corrected chi connectivity index (χ4v) is 2.24. The molecular formula is C16H25N3O2. The predicted octanol–water partition coefficient (Wildman–Crippen LogP) is 2.39. The van der Waals surface area contributed by atoms with E-state index in [9.17, 15) is 4.79 Å². The first-order valence-electron chi connectivity index (χ1n) is 7.63. The van der Waals surface area contributed by atoms with Gasteiger partial charge in [0.05, 0.1) is 0 Å². The van der Waals surface area contributed by atoms with Crippen LogP contribution in [0.1, 0.15) is 44.7 Å². The molecule has 1 fully saturated rings. The molecule has 0 radical (unpaired) electrons. The Balaban J connectivity index is 1.83. The van der Waals surface area contributed by atoms with Crippen LogP contribution in [0.4, 0.5) is 10.5 Å². The monoisotopic (exact) mass is 291 g/mol. The van der Waals surface area contributed by atoms with Crippen molar-refractivity contribution in [1.82, 2.24) is 10.6 Å². The average molecular weight is 291 g/mol. The Bertz CT molecular complexity index is 457. The fourth-order valence-electron chi connectivity index (χ4n) is 2.24. The molecule has 2 rings (SSSR count). The van der Waals surface area contributed by atoms with Crippen molar-refractivity contribution in [3.63, 3.8) is 0 Å². The molecule has 2 amide bonds. The third kappa shape index (κ3) is 5.36. The number of carbonyl (C=O) groups excluding carboxylic acids is 1. The topological polar surface area (TPSA) is 73.4 Å². The Kier molecular flexibility index (Phi) is 5.59. The van der Waals surface area contributed by atoms with Crippen LogP contribution in [0.15, 0.2) is 24.3 Å². The van der Waals surface area contributed by atoms with E-state index in [-0.39, 0.29) is 24.7 Å². The van der Waals surface area contributed by atoms with Crippen molar-refractivity contribution in [1.29, 1.82) is 0 Å². The number of amides is 2. The van der Waals surface area contributed by atoms with Gasteiger partial charge >= 0.3 is 6.03 Å². The molecule has 1 aliphatic rings. The fraction of sp³-hybridized carbons (Fsp3) is 0.562. The van der Waals surface area contributed by atoms with Gasteiger partial charge in [0.2, 0.25) is 0 Å². The second-order valence-corrected chi connectivity index (χ2v) is 5.80. The van der Waals surface area contributed by atoms with Gasteiger partial charge in [-0.15, -0.1) is 0 Å². The van der Waals surface area contributed by atoms with Crippen molar-refractivity contribution in [2.45, 2.75) is 51.2 Å². The predicted molar refractivity (Wildman–Crippen MR) is 84.3 cm³/mol. The van der Waals surface area contributed by atoms with Crippen LogP contribution >= 0.6 is 0 Å². The van der Waals surface area contributed by atoms with Crippen molar-refractivity contribution < 1.29 is 9.90 Å². The lowest BCUT2D eigenvalue weighted by Crippen LogP contribution is -2.30. The second kappa shape index (κ2) is 7.43. The van der Waals surface area contributed by atoms with Gasteiger partial charge in [0.15, 0.2) is 0 Å². The minimum atomic E-state index is -0.131. The van der Waals surface area contributed by atoms with Crippen molar-refractivity contribution >= 4 is 11.7 Å². The molecule has 0 aromatic heterocycles. The summed E-state index contributed by atoms with van der Waals surface area (Å²) in [6, 6.07) is 8.56. The van der Waals surface area contributed by atoms with Crippen molar-refractivity contribution in [3.05, 3.63) is 29.8 Å². The van der Waals surface area contributed by atoms with Crippen LogP contribution in [0.25, 0.3) is 0 Å². The van der Waals surface area contributed by atoms with Gasteiger partial charge in [-0.1, -0.05) is 12.1 Å². The lowest BCUT2D eigenvalue weighted by Gasteiger charge is -2.20. The molecule has 21 heavy (non-hydrogen) atoms. The minimum absolute atomic E-state index is 0.131. The highest BCUT2D eigenvalue weighted by molar-refractivity contribution is 5.89. The molecule has 5 heteroatoms. The number of urea groups is 1. The van der Waals surface area contributed by atoms with E-state index >= 15 is 0 Å². The largest absolute Gasteiger partial charge is 0.396 e. The van der Waals surface area contributed by atoms with Crippen LogP contribution in [0.3, 0.4) is 0 Å². The van der Waals surface area contributed by atoms with E-state index in [1.807, 2.05) is 24.3 Å². The molecule has 116 valence electrons. The quantitative estimate of drug-likeness (QED) is 0.623. The number of hydrogen-bond acceptors (Lipinski definition) is 3. The maximum atomic E-state index is 11.6. The summed E-state index contributed by atoms with van der Waals surface area (Å²) >= 11 is 0. The van der Waals surface area contributed by atoms with E-state index in [4.69, 9.17) is 5.11 Å². The van der Waals surface area contributed by atoms with Gasteiger partial charge in [-0.2, -0.15) is 0 Å². The van der Waals surface area contributed by atoms with Gasteiger partial charge < -0.3 is 21.1 Å². The smallest absolute Gasteiger partial charge is 0.319 e. The summed E-state index contributed by atoms with van der Waals surface area (Å²) in [5.74, 6) is 0.